The fourth-order valence-electron chi connectivity index (χ4n) is 3.39. The van der Waals surface area contributed by atoms with Gasteiger partial charge in [0.2, 0.25) is 0 Å². The van der Waals surface area contributed by atoms with Crippen LogP contribution in [0.1, 0.15) is 29.3 Å². The van der Waals surface area contributed by atoms with Crippen LogP contribution in [0.2, 0.25) is 0 Å². The maximum atomic E-state index is 9.01. The molecule has 22 heavy (non-hydrogen) atoms. The molecule has 0 spiro atoms. The van der Waals surface area contributed by atoms with Crippen molar-refractivity contribution in [2.45, 2.75) is 31.7 Å². The van der Waals surface area contributed by atoms with Crippen molar-refractivity contribution < 1.29 is 4.74 Å². The summed E-state index contributed by atoms with van der Waals surface area (Å²) in [6.45, 7) is 3.36. The first-order valence-electron chi connectivity index (χ1n) is 7.55. The lowest BCUT2D eigenvalue weighted by Gasteiger charge is -2.41. The van der Waals surface area contributed by atoms with E-state index < -0.39 is 0 Å². The van der Waals surface area contributed by atoms with Crippen LogP contribution in [-0.4, -0.2) is 39.1 Å². The van der Waals surface area contributed by atoms with E-state index in [1.54, 1.807) is 6.20 Å². The van der Waals surface area contributed by atoms with Gasteiger partial charge in [-0.2, -0.15) is 5.26 Å². The Bertz CT molecular complexity index is 719. The molecule has 0 amide bonds. The zero-order valence-corrected chi connectivity index (χ0v) is 12.2. The predicted molar refractivity (Wildman–Crippen MR) is 78.7 cm³/mol. The van der Waals surface area contributed by atoms with Gasteiger partial charge in [-0.15, -0.1) is 5.10 Å². The highest BCUT2D eigenvalue weighted by atomic mass is 16.5. The smallest absolute Gasteiger partial charge is 0.0991 e. The number of hydrogen-bond acceptors (Lipinski definition) is 5. The summed E-state index contributed by atoms with van der Waals surface area (Å²) in [7, 11) is 0. The van der Waals surface area contributed by atoms with Crippen molar-refractivity contribution in [3.8, 4) is 6.07 Å². The Morgan fingerprint density at radius 1 is 1.41 bits per heavy atom. The summed E-state index contributed by atoms with van der Waals surface area (Å²) in [6.07, 6.45) is 3.02. The van der Waals surface area contributed by atoms with Crippen LogP contribution in [-0.2, 0) is 17.9 Å². The molecule has 0 aliphatic carbocycles. The minimum Gasteiger partial charge on any atom is -0.370 e. The second-order valence-corrected chi connectivity index (χ2v) is 5.92. The van der Waals surface area contributed by atoms with E-state index in [2.05, 4.69) is 27.3 Å². The molecule has 0 unspecified atom stereocenters. The fourth-order valence-corrected chi connectivity index (χ4v) is 3.39. The van der Waals surface area contributed by atoms with Crippen LogP contribution in [0.15, 0.2) is 30.5 Å². The Hall–Kier alpha value is -2.23. The molecule has 6 nitrogen and oxygen atoms in total. The summed E-state index contributed by atoms with van der Waals surface area (Å²) in [6, 6.07) is 10.3. The van der Waals surface area contributed by atoms with Crippen LogP contribution in [0.4, 0.5) is 0 Å². The van der Waals surface area contributed by atoms with Crippen LogP contribution in [0, 0.1) is 11.3 Å². The summed E-state index contributed by atoms with van der Waals surface area (Å²) in [5.74, 6) is 0. The Morgan fingerprint density at radius 2 is 2.36 bits per heavy atom. The van der Waals surface area contributed by atoms with Gasteiger partial charge in [0.25, 0.3) is 0 Å². The number of hydrogen-bond donors (Lipinski definition) is 0. The molecule has 1 fully saturated rings. The molecule has 4 rings (SSSR count). The zero-order valence-electron chi connectivity index (χ0n) is 12.2. The molecule has 1 aromatic heterocycles. The first-order chi connectivity index (χ1) is 10.8. The topological polar surface area (TPSA) is 67.0 Å². The molecule has 3 heterocycles. The lowest BCUT2D eigenvalue weighted by atomic mass is 9.99. The van der Waals surface area contributed by atoms with Crippen LogP contribution in [0.5, 0.6) is 0 Å². The molecule has 112 valence electrons. The third-order valence-corrected chi connectivity index (χ3v) is 4.47. The average Bonchev–Trinajstić information content (AvgIpc) is 3.04. The number of likely N-dealkylation sites (tertiary alicyclic amines) is 1. The molecule has 0 bridgehead atoms. The summed E-state index contributed by atoms with van der Waals surface area (Å²) in [5, 5.41) is 17.2. The maximum Gasteiger partial charge on any atom is 0.0991 e. The molecular formula is C16H17N5O. The standard InChI is InChI=1S/C16H17N5O/c17-7-12-2-1-3-13(6-12)9-20-5-4-16-15(10-20)21-14(11-22-16)8-18-19-21/h1-3,6,8,15-16H,4-5,9-11H2/t15-,16-/m0/s1. The van der Waals surface area contributed by atoms with Crippen LogP contribution in [0.25, 0.3) is 0 Å². The van der Waals surface area contributed by atoms with Gasteiger partial charge in [-0.3, -0.25) is 4.90 Å². The monoisotopic (exact) mass is 295 g/mol. The first-order valence-corrected chi connectivity index (χ1v) is 7.55. The van der Waals surface area contributed by atoms with Crippen molar-refractivity contribution in [2.75, 3.05) is 13.1 Å². The van der Waals surface area contributed by atoms with E-state index in [9.17, 15) is 0 Å². The quantitative estimate of drug-likeness (QED) is 0.840. The Kier molecular flexibility index (Phi) is 3.37. The van der Waals surface area contributed by atoms with E-state index in [-0.39, 0.29) is 12.1 Å². The van der Waals surface area contributed by atoms with Crippen molar-refractivity contribution in [3.05, 3.63) is 47.3 Å². The minimum atomic E-state index is 0.232. The molecule has 6 heteroatoms. The highest BCUT2D eigenvalue weighted by molar-refractivity contribution is 5.32. The van der Waals surface area contributed by atoms with E-state index in [1.807, 2.05) is 22.9 Å². The van der Waals surface area contributed by atoms with Crippen molar-refractivity contribution in [1.29, 1.82) is 5.26 Å². The van der Waals surface area contributed by atoms with Crippen LogP contribution >= 0.6 is 0 Å². The third-order valence-electron chi connectivity index (χ3n) is 4.47. The van der Waals surface area contributed by atoms with Gasteiger partial charge in [0, 0.05) is 19.6 Å². The Balaban J connectivity index is 1.51. The van der Waals surface area contributed by atoms with E-state index in [4.69, 9.17) is 10.00 Å². The van der Waals surface area contributed by atoms with Crippen molar-refractivity contribution >= 4 is 0 Å². The summed E-state index contributed by atoms with van der Waals surface area (Å²) >= 11 is 0. The number of rotatable bonds is 2. The lowest BCUT2D eigenvalue weighted by molar-refractivity contribution is -0.0669. The van der Waals surface area contributed by atoms with Gasteiger partial charge >= 0.3 is 0 Å². The van der Waals surface area contributed by atoms with Gasteiger partial charge in [-0.1, -0.05) is 17.3 Å². The maximum absolute atomic E-state index is 9.01. The van der Waals surface area contributed by atoms with E-state index in [0.29, 0.717) is 12.2 Å². The van der Waals surface area contributed by atoms with Gasteiger partial charge in [-0.05, 0) is 24.1 Å². The zero-order chi connectivity index (χ0) is 14.9. The van der Waals surface area contributed by atoms with Crippen LogP contribution in [0.3, 0.4) is 0 Å². The molecule has 1 saturated heterocycles. The predicted octanol–water partition coefficient (Wildman–Crippen LogP) is 1.50. The molecule has 0 radical (unpaired) electrons. The number of fused-ring (bicyclic) bond motifs is 3. The second kappa shape index (κ2) is 5.52. The number of nitrogens with zero attached hydrogens (tertiary/aromatic N) is 5. The second-order valence-electron chi connectivity index (χ2n) is 5.92. The van der Waals surface area contributed by atoms with E-state index >= 15 is 0 Å². The molecule has 0 N–H and O–H groups in total. The number of nitriles is 1. The van der Waals surface area contributed by atoms with Gasteiger partial charge in [0.05, 0.1) is 42.3 Å². The van der Waals surface area contributed by atoms with Crippen molar-refractivity contribution in [2.24, 2.45) is 0 Å². The number of piperidine rings is 1. The highest BCUT2D eigenvalue weighted by Crippen LogP contribution is 2.30. The molecule has 0 saturated carbocycles. The summed E-state index contributed by atoms with van der Waals surface area (Å²) in [4.78, 5) is 2.40. The number of aromatic nitrogens is 3. The highest BCUT2D eigenvalue weighted by Gasteiger charge is 2.36. The van der Waals surface area contributed by atoms with Gasteiger partial charge in [0.15, 0.2) is 0 Å². The van der Waals surface area contributed by atoms with E-state index in [1.165, 1.54) is 5.56 Å². The first kappa shape index (κ1) is 13.4. The van der Waals surface area contributed by atoms with E-state index in [0.717, 1.165) is 31.7 Å². The minimum absolute atomic E-state index is 0.232. The number of ether oxygens (including phenoxy) is 1. The summed E-state index contributed by atoms with van der Waals surface area (Å²) < 4.78 is 7.95. The van der Waals surface area contributed by atoms with Crippen molar-refractivity contribution in [3.63, 3.8) is 0 Å². The van der Waals surface area contributed by atoms with Crippen LogP contribution < -0.4 is 0 Å². The molecule has 1 aromatic carbocycles. The SMILES string of the molecule is N#Cc1cccc(CN2CC[C@@H]3OCc4cnnn4[C@H]3C2)c1. The largest absolute Gasteiger partial charge is 0.370 e. The van der Waals surface area contributed by atoms with Gasteiger partial charge in [-0.25, -0.2) is 4.68 Å². The molecule has 2 aliphatic heterocycles. The molecular weight excluding hydrogens is 278 g/mol. The van der Waals surface area contributed by atoms with Gasteiger partial charge < -0.3 is 4.74 Å². The molecule has 2 aromatic rings. The average molecular weight is 295 g/mol. The molecule has 2 atom stereocenters. The van der Waals surface area contributed by atoms with Gasteiger partial charge in [0.1, 0.15) is 0 Å². The molecule has 2 aliphatic rings. The fraction of sp³-hybridized carbons (Fsp3) is 0.438. The van der Waals surface area contributed by atoms with Crippen molar-refractivity contribution in [1.82, 2.24) is 19.9 Å². The summed E-state index contributed by atoms with van der Waals surface area (Å²) in [5.41, 5.74) is 2.94. The Labute approximate surface area is 128 Å². The Morgan fingerprint density at radius 3 is 3.27 bits per heavy atom. The lowest BCUT2D eigenvalue weighted by Crippen LogP contribution is -2.47. The number of benzene rings is 1. The normalized spacial score (nSPS) is 24.3. The third kappa shape index (κ3) is 2.39.